The molecule has 0 fully saturated rings. The van der Waals surface area contributed by atoms with E-state index >= 15 is 0 Å². The van der Waals surface area contributed by atoms with Crippen molar-refractivity contribution in [1.29, 1.82) is 0 Å². The summed E-state index contributed by atoms with van der Waals surface area (Å²) in [5.74, 6) is -0.912. The maximum Gasteiger partial charge on any atom is 0.314 e. The number of hydrazone groups is 2. The van der Waals surface area contributed by atoms with Crippen molar-refractivity contribution in [2.24, 2.45) is 10.2 Å². The maximum atomic E-state index is 11.4. The van der Waals surface area contributed by atoms with E-state index in [1.165, 1.54) is 11.9 Å². The summed E-state index contributed by atoms with van der Waals surface area (Å²) >= 11 is 5.94. The zero-order chi connectivity index (χ0) is 22.2. The lowest BCUT2D eigenvalue weighted by molar-refractivity contribution is -0.386. The number of aromatic hydroxyl groups is 1. The van der Waals surface area contributed by atoms with Crippen molar-refractivity contribution in [2.75, 3.05) is 10.4 Å². The van der Waals surface area contributed by atoms with Gasteiger partial charge in [0.1, 0.15) is 16.3 Å². The number of aliphatic hydroxyl groups is 1. The summed E-state index contributed by atoms with van der Waals surface area (Å²) in [6.07, 6.45) is -1.36. The molecule has 14 heteroatoms. The Hall–Kier alpha value is -3.26. The topological polar surface area (TPSA) is 178 Å². The highest BCUT2D eigenvalue weighted by Crippen LogP contribution is 2.37. The molecule has 158 valence electrons. The van der Waals surface area contributed by atoms with E-state index in [9.17, 15) is 33.3 Å². The third-order valence-electron chi connectivity index (χ3n) is 4.03. The highest BCUT2D eigenvalue weighted by atomic mass is 35.5. The van der Waals surface area contributed by atoms with E-state index in [1.807, 2.05) is 0 Å². The molecule has 0 aromatic heterocycles. The van der Waals surface area contributed by atoms with E-state index in [1.54, 1.807) is 24.3 Å². The van der Waals surface area contributed by atoms with Crippen LogP contribution in [0.4, 0.5) is 17.1 Å². The van der Waals surface area contributed by atoms with Crippen LogP contribution in [-0.2, 0) is 10.1 Å². The van der Waals surface area contributed by atoms with Crippen LogP contribution in [0.3, 0.4) is 0 Å². The van der Waals surface area contributed by atoms with Crippen LogP contribution in [0.15, 0.2) is 51.5 Å². The Bertz CT molecular complexity index is 1200. The summed E-state index contributed by atoms with van der Waals surface area (Å²) in [6.45, 7) is 1.53. The summed E-state index contributed by atoms with van der Waals surface area (Å²) in [5, 5.41) is 41.3. The van der Waals surface area contributed by atoms with Crippen LogP contribution in [0.1, 0.15) is 6.92 Å². The molecule has 1 heterocycles. The van der Waals surface area contributed by atoms with Crippen LogP contribution in [0.5, 0.6) is 5.75 Å². The van der Waals surface area contributed by atoms with Gasteiger partial charge in [-0.2, -0.15) is 18.6 Å². The number of halogens is 1. The van der Waals surface area contributed by atoms with Crippen LogP contribution < -0.4 is 10.4 Å². The molecule has 3 rings (SSSR count). The lowest BCUT2D eigenvalue weighted by Gasteiger charge is -2.19. The summed E-state index contributed by atoms with van der Waals surface area (Å²) in [6, 6.07) is 7.75. The number of nitro groups is 1. The summed E-state index contributed by atoms with van der Waals surface area (Å²) < 4.78 is 31.9. The van der Waals surface area contributed by atoms with Gasteiger partial charge in [-0.15, -0.1) is 0 Å². The number of phenolic OH excluding ortho intramolecular Hbond substituents is 1. The molecule has 30 heavy (non-hydrogen) atoms. The predicted octanol–water partition coefficient (Wildman–Crippen LogP) is 2.18. The molecule has 2 aromatic carbocycles. The van der Waals surface area contributed by atoms with Gasteiger partial charge < -0.3 is 10.2 Å². The van der Waals surface area contributed by atoms with Crippen molar-refractivity contribution in [2.45, 2.75) is 18.0 Å². The first-order valence-electron chi connectivity index (χ1n) is 8.10. The molecule has 1 aliphatic rings. The fraction of sp³-hybridized carbons (Fsp3) is 0.125. The average molecular weight is 456 g/mol. The first kappa shape index (κ1) is 21.4. The van der Waals surface area contributed by atoms with Crippen LogP contribution in [0.2, 0.25) is 5.02 Å². The lowest BCUT2D eigenvalue weighted by Crippen LogP contribution is -2.33. The highest BCUT2D eigenvalue weighted by molar-refractivity contribution is 7.85. The van der Waals surface area contributed by atoms with Gasteiger partial charge in [0, 0.05) is 11.1 Å². The molecular weight excluding hydrogens is 442 g/mol. The number of rotatable bonds is 5. The standard InChI is InChI=1S/C16H14ClN5O7S/c1-8-14(16(24)21(20-8)10-4-2-3-9(17)5-10)19-18-12-6-11(30(27,28)29)7-13(15(12)23)22(25)26/h2-7,16,18,23-24H,1H3,(H,27,28,29)/b19-14-. The Balaban J connectivity index is 1.97. The molecule has 1 atom stereocenters. The minimum atomic E-state index is -4.80. The predicted molar refractivity (Wildman–Crippen MR) is 109 cm³/mol. The van der Waals surface area contributed by atoms with E-state index in [2.05, 4.69) is 15.6 Å². The van der Waals surface area contributed by atoms with Gasteiger partial charge in [0.25, 0.3) is 10.1 Å². The second-order valence-electron chi connectivity index (χ2n) is 6.06. The molecular formula is C16H14ClN5O7S. The van der Waals surface area contributed by atoms with Gasteiger partial charge in [-0.25, -0.2) is 5.01 Å². The van der Waals surface area contributed by atoms with E-state index < -0.39 is 43.3 Å². The van der Waals surface area contributed by atoms with Crippen molar-refractivity contribution in [1.82, 2.24) is 0 Å². The Labute approximate surface area is 174 Å². The number of benzene rings is 2. The molecule has 0 saturated carbocycles. The number of phenols is 1. The van der Waals surface area contributed by atoms with Gasteiger partial charge >= 0.3 is 5.69 Å². The number of nitrogens with one attached hydrogen (secondary N) is 1. The summed E-state index contributed by atoms with van der Waals surface area (Å²) in [5.41, 5.74) is 1.56. The van der Waals surface area contributed by atoms with Crippen LogP contribution in [0, 0.1) is 10.1 Å². The minimum absolute atomic E-state index is 0.00529. The number of hydrogen-bond donors (Lipinski definition) is 4. The summed E-state index contributed by atoms with van der Waals surface area (Å²) in [7, 11) is -4.80. The molecule has 2 aromatic rings. The van der Waals surface area contributed by atoms with Crippen molar-refractivity contribution in [3.8, 4) is 5.75 Å². The zero-order valence-electron chi connectivity index (χ0n) is 15.1. The molecule has 0 bridgehead atoms. The first-order chi connectivity index (χ1) is 14.0. The number of aliphatic hydroxyl groups excluding tert-OH is 1. The van der Waals surface area contributed by atoms with Gasteiger partial charge in [-0.3, -0.25) is 20.1 Å². The van der Waals surface area contributed by atoms with E-state index in [0.29, 0.717) is 16.8 Å². The normalized spacial score (nSPS) is 17.9. The third kappa shape index (κ3) is 4.18. The van der Waals surface area contributed by atoms with E-state index in [4.69, 9.17) is 11.6 Å². The molecule has 0 amide bonds. The zero-order valence-corrected chi connectivity index (χ0v) is 16.7. The fourth-order valence-corrected chi connectivity index (χ4v) is 3.33. The number of anilines is 2. The fourth-order valence-electron chi connectivity index (χ4n) is 2.61. The van der Waals surface area contributed by atoms with Gasteiger partial charge in [-0.1, -0.05) is 17.7 Å². The van der Waals surface area contributed by atoms with Gasteiger partial charge in [0.2, 0.25) is 5.75 Å². The Morgan fingerprint density at radius 3 is 2.63 bits per heavy atom. The van der Waals surface area contributed by atoms with E-state index in [-0.39, 0.29) is 11.4 Å². The monoisotopic (exact) mass is 455 g/mol. The number of nitro benzene ring substituents is 1. The Kier molecular flexibility index (Phi) is 5.63. The van der Waals surface area contributed by atoms with Crippen molar-refractivity contribution in [3.05, 3.63) is 51.5 Å². The molecule has 1 unspecified atom stereocenters. The molecule has 0 spiro atoms. The van der Waals surface area contributed by atoms with Crippen molar-refractivity contribution in [3.63, 3.8) is 0 Å². The van der Waals surface area contributed by atoms with Gasteiger partial charge in [0.05, 0.1) is 16.3 Å². The Morgan fingerprint density at radius 2 is 2.03 bits per heavy atom. The van der Waals surface area contributed by atoms with E-state index in [0.717, 1.165) is 6.07 Å². The van der Waals surface area contributed by atoms with Crippen molar-refractivity contribution < 1.29 is 28.1 Å². The number of nitrogens with zero attached hydrogens (tertiary/aromatic N) is 4. The first-order valence-corrected chi connectivity index (χ1v) is 9.91. The summed E-state index contributed by atoms with van der Waals surface area (Å²) in [4.78, 5) is 9.22. The van der Waals surface area contributed by atoms with Crippen LogP contribution in [-0.4, -0.2) is 45.8 Å². The third-order valence-corrected chi connectivity index (χ3v) is 5.10. The molecule has 0 aliphatic carbocycles. The molecule has 0 saturated heterocycles. The molecule has 4 N–H and O–H groups in total. The van der Waals surface area contributed by atoms with Crippen LogP contribution in [0.25, 0.3) is 0 Å². The quantitative estimate of drug-likeness (QED) is 0.227. The van der Waals surface area contributed by atoms with Gasteiger partial charge in [0.15, 0.2) is 6.23 Å². The maximum absolute atomic E-state index is 11.4. The SMILES string of the molecule is CC1=NN(c2cccc(Cl)c2)C(O)/C1=N\Nc1cc(S(=O)(=O)O)cc([N+](=O)[O-])c1O. The van der Waals surface area contributed by atoms with Crippen LogP contribution >= 0.6 is 11.6 Å². The molecule has 1 aliphatic heterocycles. The average Bonchev–Trinajstić information content (AvgIpc) is 2.93. The molecule has 12 nitrogen and oxygen atoms in total. The number of hydrogen-bond acceptors (Lipinski definition) is 10. The second-order valence-corrected chi connectivity index (χ2v) is 7.92. The lowest BCUT2D eigenvalue weighted by atomic mass is 10.2. The minimum Gasteiger partial charge on any atom is -0.501 e. The smallest absolute Gasteiger partial charge is 0.314 e. The van der Waals surface area contributed by atoms with Crippen molar-refractivity contribution >= 4 is 50.2 Å². The largest absolute Gasteiger partial charge is 0.501 e. The second kappa shape index (κ2) is 7.87. The Morgan fingerprint density at radius 1 is 1.33 bits per heavy atom. The molecule has 0 radical (unpaired) electrons. The van der Waals surface area contributed by atoms with Gasteiger partial charge in [-0.05, 0) is 31.2 Å². The highest BCUT2D eigenvalue weighted by Gasteiger charge is 2.31.